The van der Waals surface area contributed by atoms with Gasteiger partial charge in [-0.15, -0.1) is 22.7 Å². The van der Waals surface area contributed by atoms with Crippen molar-refractivity contribution in [2.75, 3.05) is 0 Å². The minimum Gasteiger partial charge on any atom is -0.469 e. The minimum atomic E-state index is 0.0204. The second-order valence-electron chi connectivity index (χ2n) is 5.61. The smallest absolute Gasteiger partial charge is 0.226 e. The summed E-state index contributed by atoms with van der Waals surface area (Å²) in [6, 6.07) is 6.10. The van der Waals surface area contributed by atoms with Crippen molar-refractivity contribution in [1.29, 1.82) is 0 Å². The Hall–Kier alpha value is -1.92. The van der Waals surface area contributed by atoms with Gasteiger partial charge in [-0.25, -0.2) is 4.98 Å². The molecule has 4 rings (SSSR count). The minimum absolute atomic E-state index is 0.0204. The van der Waals surface area contributed by atoms with E-state index in [2.05, 4.69) is 16.4 Å². The van der Waals surface area contributed by atoms with Crippen LogP contribution in [0.3, 0.4) is 0 Å². The van der Waals surface area contributed by atoms with Crippen molar-refractivity contribution in [3.05, 3.63) is 52.2 Å². The zero-order chi connectivity index (χ0) is 15.6. The van der Waals surface area contributed by atoms with Crippen LogP contribution < -0.4 is 5.32 Å². The van der Waals surface area contributed by atoms with E-state index in [9.17, 15) is 4.79 Å². The zero-order valence-electron chi connectivity index (χ0n) is 12.5. The van der Waals surface area contributed by atoms with E-state index >= 15 is 0 Å². The Balaban J connectivity index is 1.41. The molecule has 0 bridgehead atoms. The number of nitrogens with one attached hydrogen (secondary N) is 1. The van der Waals surface area contributed by atoms with Crippen LogP contribution in [0.2, 0.25) is 0 Å². The molecule has 0 saturated carbocycles. The highest BCUT2D eigenvalue weighted by Gasteiger charge is 2.24. The second kappa shape index (κ2) is 6.29. The van der Waals surface area contributed by atoms with Crippen LogP contribution in [-0.2, 0) is 17.6 Å². The fraction of sp³-hybridized carbons (Fsp3) is 0.294. The van der Waals surface area contributed by atoms with E-state index in [0.717, 1.165) is 46.2 Å². The number of hydrogen-bond acceptors (Lipinski definition) is 5. The first-order chi connectivity index (χ1) is 11.3. The van der Waals surface area contributed by atoms with Crippen LogP contribution in [0.5, 0.6) is 0 Å². The highest BCUT2D eigenvalue weighted by atomic mass is 32.1. The largest absolute Gasteiger partial charge is 0.469 e. The lowest BCUT2D eigenvalue weighted by molar-refractivity contribution is -0.121. The van der Waals surface area contributed by atoms with Crippen LogP contribution in [-0.4, -0.2) is 10.9 Å². The normalized spacial score (nSPS) is 17.0. The number of aryl methyl sites for hydroxylation is 1. The fourth-order valence-corrected chi connectivity index (χ4v) is 4.58. The van der Waals surface area contributed by atoms with Gasteiger partial charge in [-0.1, -0.05) is 6.07 Å². The molecular formula is C17H16N2O2S2. The molecule has 3 heterocycles. The Morgan fingerprint density at radius 2 is 2.35 bits per heavy atom. The van der Waals surface area contributed by atoms with Crippen molar-refractivity contribution in [3.63, 3.8) is 0 Å². The predicted octanol–water partition coefficient (Wildman–Crippen LogP) is 4.20. The van der Waals surface area contributed by atoms with Gasteiger partial charge in [-0.2, -0.15) is 0 Å². The molecule has 23 heavy (non-hydrogen) atoms. The number of thiophene rings is 1. The van der Waals surface area contributed by atoms with Crippen LogP contribution in [0.15, 0.2) is 39.6 Å². The van der Waals surface area contributed by atoms with Gasteiger partial charge in [0.2, 0.25) is 5.91 Å². The Bertz CT molecular complexity index is 804. The van der Waals surface area contributed by atoms with Crippen molar-refractivity contribution in [2.45, 2.75) is 31.7 Å². The summed E-state index contributed by atoms with van der Waals surface area (Å²) in [6.45, 7) is 0. The molecule has 0 fully saturated rings. The molecule has 1 amide bonds. The molecule has 1 N–H and O–H groups in total. The maximum Gasteiger partial charge on any atom is 0.226 e. The van der Waals surface area contributed by atoms with Crippen LogP contribution in [0, 0.1) is 0 Å². The number of carbonyl (C=O) groups excluding carboxylic acids is 1. The maximum absolute atomic E-state index is 12.3. The van der Waals surface area contributed by atoms with Gasteiger partial charge in [0.05, 0.1) is 29.3 Å². The third-order valence-electron chi connectivity index (χ3n) is 4.01. The van der Waals surface area contributed by atoms with Gasteiger partial charge in [0.25, 0.3) is 0 Å². The van der Waals surface area contributed by atoms with Crippen molar-refractivity contribution < 1.29 is 9.21 Å². The number of furan rings is 1. The van der Waals surface area contributed by atoms with Crippen LogP contribution >= 0.6 is 22.7 Å². The van der Waals surface area contributed by atoms with E-state index in [-0.39, 0.29) is 11.9 Å². The summed E-state index contributed by atoms with van der Waals surface area (Å²) in [5.41, 5.74) is 1.96. The first-order valence-corrected chi connectivity index (χ1v) is 9.39. The summed E-state index contributed by atoms with van der Waals surface area (Å²) in [5, 5.41) is 8.11. The molecule has 0 aromatic carbocycles. The van der Waals surface area contributed by atoms with Gasteiger partial charge in [0.1, 0.15) is 10.8 Å². The number of rotatable bonds is 4. The molecule has 0 spiro atoms. The lowest BCUT2D eigenvalue weighted by Gasteiger charge is -2.22. The van der Waals surface area contributed by atoms with E-state index in [4.69, 9.17) is 4.42 Å². The summed E-state index contributed by atoms with van der Waals surface area (Å²) in [7, 11) is 0. The molecule has 1 aliphatic rings. The number of carbonyl (C=O) groups is 1. The number of nitrogens with zero attached hydrogens (tertiary/aromatic N) is 1. The molecular weight excluding hydrogens is 328 g/mol. The predicted molar refractivity (Wildman–Crippen MR) is 91.7 cm³/mol. The van der Waals surface area contributed by atoms with Gasteiger partial charge in [-0.3, -0.25) is 4.79 Å². The maximum atomic E-state index is 12.3. The number of hydrogen-bond donors (Lipinski definition) is 1. The molecule has 118 valence electrons. The topological polar surface area (TPSA) is 55.1 Å². The zero-order valence-corrected chi connectivity index (χ0v) is 14.1. The average Bonchev–Trinajstić information content (AvgIpc) is 3.28. The summed E-state index contributed by atoms with van der Waals surface area (Å²) in [6.07, 6.45) is 5.01. The van der Waals surface area contributed by atoms with Crippen molar-refractivity contribution in [1.82, 2.24) is 10.3 Å². The fourth-order valence-electron chi connectivity index (χ4n) is 2.95. The number of thiazole rings is 1. The lowest BCUT2D eigenvalue weighted by Crippen LogP contribution is -2.31. The Morgan fingerprint density at radius 3 is 3.22 bits per heavy atom. The van der Waals surface area contributed by atoms with Crippen LogP contribution in [0.4, 0.5) is 0 Å². The molecule has 3 aromatic rings. The SMILES string of the molecule is O=C(Cc1csc(-c2cccs2)n1)NC1CCCc2occc21. The van der Waals surface area contributed by atoms with E-state index < -0.39 is 0 Å². The van der Waals surface area contributed by atoms with Gasteiger partial charge < -0.3 is 9.73 Å². The first-order valence-electron chi connectivity index (χ1n) is 7.63. The summed E-state index contributed by atoms with van der Waals surface area (Å²) in [5.74, 6) is 1.03. The Morgan fingerprint density at radius 1 is 1.39 bits per heavy atom. The summed E-state index contributed by atoms with van der Waals surface area (Å²) >= 11 is 3.26. The molecule has 6 heteroatoms. The molecule has 3 aromatic heterocycles. The summed E-state index contributed by atoms with van der Waals surface area (Å²) in [4.78, 5) is 18.1. The molecule has 1 aliphatic carbocycles. The molecule has 0 saturated heterocycles. The highest BCUT2D eigenvalue weighted by Crippen LogP contribution is 2.31. The molecule has 1 unspecified atom stereocenters. The van der Waals surface area contributed by atoms with Crippen molar-refractivity contribution in [3.8, 4) is 9.88 Å². The van der Waals surface area contributed by atoms with E-state index in [0.29, 0.717) is 6.42 Å². The quantitative estimate of drug-likeness (QED) is 0.772. The van der Waals surface area contributed by atoms with Crippen molar-refractivity contribution >= 4 is 28.6 Å². The average molecular weight is 344 g/mol. The lowest BCUT2D eigenvalue weighted by atomic mass is 9.93. The van der Waals surface area contributed by atoms with Gasteiger partial charge >= 0.3 is 0 Å². The second-order valence-corrected chi connectivity index (χ2v) is 7.42. The highest BCUT2D eigenvalue weighted by molar-refractivity contribution is 7.20. The Labute approximate surface area is 142 Å². The summed E-state index contributed by atoms with van der Waals surface area (Å²) < 4.78 is 5.47. The first kappa shape index (κ1) is 14.7. The van der Waals surface area contributed by atoms with Crippen LogP contribution in [0.25, 0.3) is 9.88 Å². The van der Waals surface area contributed by atoms with Gasteiger partial charge in [0.15, 0.2) is 0 Å². The van der Waals surface area contributed by atoms with Crippen LogP contribution in [0.1, 0.15) is 35.9 Å². The van der Waals surface area contributed by atoms with Gasteiger partial charge in [0, 0.05) is 17.4 Å². The Kier molecular flexibility index (Phi) is 4.01. The number of amides is 1. The molecule has 1 atom stereocenters. The molecule has 0 radical (unpaired) electrons. The molecule has 0 aliphatic heterocycles. The number of aromatic nitrogens is 1. The monoisotopic (exact) mass is 344 g/mol. The van der Waals surface area contributed by atoms with E-state index in [1.54, 1.807) is 28.9 Å². The standard InChI is InChI=1S/C17H16N2O2S2/c20-16(19-13-3-1-4-14-12(13)6-7-21-14)9-11-10-23-17(18-11)15-5-2-8-22-15/h2,5-8,10,13H,1,3-4,9H2,(H,19,20). The van der Waals surface area contributed by atoms with E-state index in [1.165, 1.54) is 0 Å². The van der Waals surface area contributed by atoms with Crippen molar-refractivity contribution in [2.24, 2.45) is 0 Å². The third kappa shape index (κ3) is 3.09. The molecule has 4 nitrogen and oxygen atoms in total. The van der Waals surface area contributed by atoms with Gasteiger partial charge in [-0.05, 0) is 30.4 Å². The number of fused-ring (bicyclic) bond motifs is 1. The van der Waals surface area contributed by atoms with E-state index in [1.807, 2.05) is 22.9 Å². The third-order valence-corrected chi connectivity index (χ3v) is 5.94.